The number of hydrogen-bond acceptors (Lipinski definition) is 7. The summed E-state index contributed by atoms with van der Waals surface area (Å²) in [5.41, 5.74) is 2.84. The fourth-order valence-electron chi connectivity index (χ4n) is 1.99. The van der Waals surface area contributed by atoms with Crippen LogP contribution >= 0.6 is 11.3 Å². The number of thiazole rings is 1. The molecule has 0 bridgehead atoms. The highest BCUT2D eigenvalue weighted by Gasteiger charge is 2.23. The summed E-state index contributed by atoms with van der Waals surface area (Å²) in [4.78, 5) is 17.6. The summed E-state index contributed by atoms with van der Waals surface area (Å²) in [5.74, 6) is 4.65. The van der Waals surface area contributed by atoms with Gasteiger partial charge in [-0.05, 0) is 0 Å². The fraction of sp³-hybridized carbons (Fsp3) is 0.600. The Morgan fingerprint density at radius 3 is 2.65 bits per heavy atom. The largest absolute Gasteiger partial charge is 0.295 e. The molecule has 0 atom stereocenters. The third kappa shape index (κ3) is 3.73. The second-order valence-corrected chi connectivity index (χ2v) is 7.40. The summed E-state index contributed by atoms with van der Waals surface area (Å²) < 4.78 is 24.3. The first kappa shape index (κ1) is 15.3. The smallest absolute Gasteiger partial charge is 0.294 e. The van der Waals surface area contributed by atoms with Crippen molar-refractivity contribution in [3.05, 3.63) is 16.1 Å². The monoisotopic (exact) mass is 319 g/mol. The van der Waals surface area contributed by atoms with Crippen molar-refractivity contribution in [3.63, 3.8) is 0 Å². The van der Waals surface area contributed by atoms with Gasteiger partial charge in [0.25, 0.3) is 5.91 Å². The number of piperazine rings is 1. The van der Waals surface area contributed by atoms with Crippen molar-refractivity contribution >= 4 is 27.3 Å². The normalized spacial score (nSPS) is 18.1. The number of hydrogen-bond donors (Lipinski definition) is 2. The molecule has 2 rings (SSSR count). The number of aromatic nitrogens is 1. The SMILES string of the molecule is CS(=O)(=O)N1CCN(Cc2csc(C(=O)NN)n2)CC1. The maximum Gasteiger partial charge on any atom is 0.294 e. The van der Waals surface area contributed by atoms with E-state index in [1.54, 1.807) is 0 Å². The van der Waals surface area contributed by atoms with Gasteiger partial charge in [-0.3, -0.25) is 15.1 Å². The zero-order valence-corrected chi connectivity index (χ0v) is 12.7. The number of carbonyl (C=O) groups is 1. The van der Waals surface area contributed by atoms with Crippen molar-refractivity contribution in [3.8, 4) is 0 Å². The van der Waals surface area contributed by atoms with Gasteiger partial charge < -0.3 is 0 Å². The molecule has 0 aliphatic carbocycles. The third-order valence-corrected chi connectivity index (χ3v) is 5.26. The molecule has 0 saturated carbocycles. The van der Waals surface area contributed by atoms with E-state index in [0.717, 1.165) is 5.69 Å². The highest BCUT2D eigenvalue weighted by atomic mass is 32.2. The summed E-state index contributed by atoms with van der Waals surface area (Å²) in [7, 11) is -3.11. The number of nitrogens with zero attached hydrogens (tertiary/aromatic N) is 3. The van der Waals surface area contributed by atoms with Crippen molar-refractivity contribution in [1.29, 1.82) is 0 Å². The van der Waals surface area contributed by atoms with Crippen LogP contribution in [0.15, 0.2) is 5.38 Å². The molecule has 8 nitrogen and oxygen atoms in total. The van der Waals surface area contributed by atoms with Crippen molar-refractivity contribution in [2.75, 3.05) is 32.4 Å². The van der Waals surface area contributed by atoms with Crippen LogP contribution in [0.1, 0.15) is 15.5 Å². The topological polar surface area (TPSA) is 109 Å². The number of nitrogen functional groups attached to an aromatic ring is 1. The average Bonchev–Trinajstić information content (AvgIpc) is 2.86. The molecule has 1 aromatic heterocycles. The van der Waals surface area contributed by atoms with Gasteiger partial charge in [-0.25, -0.2) is 19.2 Å². The van der Waals surface area contributed by atoms with Crippen LogP contribution in [0.2, 0.25) is 0 Å². The molecule has 0 aromatic carbocycles. The number of nitrogens with one attached hydrogen (secondary N) is 1. The van der Waals surface area contributed by atoms with E-state index >= 15 is 0 Å². The van der Waals surface area contributed by atoms with Crippen molar-refractivity contribution in [2.45, 2.75) is 6.54 Å². The van der Waals surface area contributed by atoms with Crippen LogP contribution in [0.4, 0.5) is 0 Å². The second kappa shape index (κ2) is 6.14. The van der Waals surface area contributed by atoms with E-state index in [1.165, 1.54) is 21.9 Å². The standard InChI is InChI=1S/C10H17N5O3S2/c1-20(17,18)15-4-2-14(3-5-15)6-8-7-19-10(12-8)9(16)13-11/h7H,2-6,11H2,1H3,(H,13,16). The lowest BCUT2D eigenvalue weighted by atomic mass is 10.3. The zero-order chi connectivity index (χ0) is 14.8. The van der Waals surface area contributed by atoms with Crippen molar-refractivity contribution in [2.24, 2.45) is 5.84 Å². The Labute approximate surface area is 121 Å². The van der Waals surface area contributed by atoms with E-state index < -0.39 is 15.9 Å². The Hall–Kier alpha value is -1.07. The molecule has 2 heterocycles. The van der Waals surface area contributed by atoms with E-state index in [1.807, 2.05) is 10.8 Å². The number of sulfonamides is 1. The highest BCUT2D eigenvalue weighted by Crippen LogP contribution is 2.14. The van der Waals surface area contributed by atoms with Gasteiger partial charge in [0.05, 0.1) is 11.9 Å². The Bertz CT molecular complexity index is 577. The zero-order valence-electron chi connectivity index (χ0n) is 11.1. The molecular formula is C10H17N5O3S2. The van der Waals surface area contributed by atoms with E-state index in [4.69, 9.17) is 5.84 Å². The molecule has 0 unspecified atom stereocenters. The van der Waals surface area contributed by atoms with Crippen molar-refractivity contribution < 1.29 is 13.2 Å². The van der Waals surface area contributed by atoms with Crippen LogP contribution in [-0.4, -0.2) is 60.9 Å². The number of amides is 1. The quantitative estimate of drug-likeness (QED) is 0.411. The minimum Gasteiger partial charge on any atom is -0.295 e. The lowest BCUT2D eigenvalue weighted by molar-refractivity contribution is 0.0952. The highest BCUT2D eigenvalue weighted by molar-refractivity contribution is 7.88. The summed E-state index contributed by atoms with van der Waals surface area (Å²) in [6, 6.07) is 0. The first-order valence-corrected chi connectivity index (χ1v) is 8.76. The number of nitrogens with two attached hydrogens (primary N) is 1. The maximum atomic E-state index is 11.4. The molecule has 0 radical (unpaired) electrons. The minimum absolute atomic E-state index is 0.331. The van der Waals surface area contributed by atoms with E-state index in [2.05, 4.69) is 9.88 Å². The van der Waals surface area contributed by atoms with Gasteiger partial charge in [0, 0.05) is 38.1 Å². The first-order valence-electron chi connectivity index (χ1n) is 6.03. The Balaban J connectivity index is 1.90. The molecule has 0 spiro atoms. The van der Waals surface area contributed by atoms with Crippen LogP contribution in [0, 0.1) is 0 Å². The molecular weight excluding hydrogens is 302 g/mol. The van der Waals surface area contributed by atoms with Gasteiger partial charge in [-0.15, -0.1) is 11.3 Å². The van der Waals surface area contributed by atoms with Gasteiger partial charge in [-0.2, -0.15) is 4.31 Å². The molecule has 1 aliphatic rings. The molecule has 3 N–H and O–H groups in total. The molecule has 112 valence electrons. The summed E-state index contributed by atoms with van der Waals surface area (Å²) in [6.45, 7) is 2.89. The first-order chi connectivity index (χ1) is 9.40. The van der Waals surface area contributed by atoms with Gasteiger partial charge in [0.15, 0.2) is 5.01 Å². The second-order valence-electron chi connectivity index (χ2n) is 4.56. The summed E-state index contributed by atoms with van der Waals surface area (Å²) in [5, 5.41) is 2.14. The van der Waals surface area contributed by atoms with Crippen LogP contribution in [0.3, 0.4) is 0 Å². The number of carbonyl (C=O) groups excluding carboxylic acids is 1. The van der Waals surface area contributed by atoms with Gasteiger partial charge in [0.2, 0.25) is 10.0 Å². The van der Waals surface area contributed by atoms with Crippen LogP contribution in [0.5, 0.6) is 0 Å². The Morgan fingerprint density at radius 2 is 2.10 bits per heavy atom. The molecule has 1 fully saturated rings. The van der Waals surface area contributed by atoms with Gasteiger partial charge >= 0.3 is 0 Å². The van der Waals surface area contributed by atoms with Crippen LogP contribution < -0.4 is 11.3 Å². The lowest BCUT2D eigenvalue weighted by Gasteiger charge is -2.32. The van der Waals surface area contributed by atoms with Crippen LogP contribution in [-0.2, 0) is 16.6 Å². The van der Waals surface area contributed by atoms with E-state index in [-0.39, 0.29) is 0 Å². The Kier molecular flexibility index (Phi) is 4.70. The van der Waals surface area contributed by atoms with Crippen molar-refractivity contribution in [1.82, 2.24) is 19.6 Å². The fourth-order valence-corrected chi connectivity index (χ4v) is 3.53. The lowest BCUT2D eigenvalue weighted by Crippen LogP contribution is -2.47. The number of hydrazine groups is 1. The van der Waals surface area contributed by atoms with Crippen LogP contribution in [0.25, 0.3) is 0 Å². The van der Waals surface area contributed by atoms with Gasteiger partial charge in [-0.1, -0.05) is 0 Å². The molecule has 20 heavy (non-hydrogen) atoms. The molecule has 1 saturated heterocycles. The predicted molar refractivity (Wildman–Crippen MR) is 75.5 cm³/mol. The molecule has 1 amide bonds. The van der Waals surface area contributed by atoms with E-state index in [0.29, 0.717) is 37.7 Å². The third-order valence-electron chi connectivity index (χ3n) is 3.06. The van der Waals surface area contributed by atoms with Gasteiger partial charge in [0.1, 0.15) is 0 Å². The maximum absolute atomic E-state index is 11.4. The Morgan fingerprint density at radius 1 is 1.45 bits per heavy atom. The summed E-state index contributed by atoms with van der Waals surface area (Å²) >= 11 is 1.24. The number of rotatable bonds is 4. The van der Waals surface area contributed by atoms with E-state index in [9.17, 15) is 13.2 Å². The minimum atomic E-state index is -3.11. The summed E-state index contributed by atoms with van der Waals surface area (Å²) in [6.07, 6.45) is 1.22. The molecule has 10 heteroatoms. The average molecular weight is 319 g/mol. The molecule has 1 aliphatic heterocycles. The predicted octanol–water partition coefficient (Wildman–Crippen LogP) is -1.18. The molecule has 1 aromatic rings.